The summed E-state index contributed by atoms with van der Waals surface area (Å²) in [5.74, 6) is 0.0560. The molecule has 0 N–H and O–H groups in total. The topological polar surface area (TPSA) is 53.3 Å². The predicted molar refractivity (Wildman–Crippen MR) is 51.5 cm³/mol. The molecule has 78 valence electrons. The van der Waals surface area contributed by atoms with Gasteiger partial charge in [0.05, 0.1) is 6.07 Å². The second-order valence-corrected chi connectivity index (χ2v) is 3.52. The average molecular weight is 196 g/mol. The number of unbranched alkanes of at least 4 members (excludes halogenated alkanes) is 1. The van der Waals surface area contributed by atoms with E-state index in [0.29, 0.717) is 19.6 Å². The minimum Gasteiger partial charge on any atom is -0.368 e. The molecule has 0 aromatic rings. The summed E-state index contributed by atoms with van der Waals surface area (Å²) in [6, 6.07) is 2.06. The van der Waals surface area contributed by atoms with E-state index in [1.807, 2.05) is 0 Å². The van der Waals surface area contributed by atoms with Gasteiger partial charge in [0.15, 0.2) is 0 Å². The molecular weight excluding hydrogens is 180 g/mol. The molecule has 14 heavy (non-hydrogen) atoms. The van der Waals surface area contributed by atoms with Crippen LogP contribution in [0.25, 0.3) is 0 Å². The summed E-state index contributed by atoms with van der Waals surface area (Å²) in [7, 11) is 1.77. The number of likely N-dealkylation sites (N-methyl/N-ethyl adjacent to an activating group) is 1. The molecule has 1 rings (SSSR count). The molecule has 1 saturated heterocycles. The Morgan fingerprint density at radius 2 is 2.50 bits per heavy atom. The van der Waals surface area contributed by atoms with E-state index in [0.717, 1.165) is 19.3 Å². The number of nitrogens with zero attached hydrogens (tertiary/aromatic N) is 2. The fraction of sp³-hybridized carbons (Fsp3) is 0.800. The van der Waals surface area contributed by atoms with Gasteiger partial charge in [0.2, 0.25) is 0 Å². The van der Waals surface area contributed by atoms with Crippen LogP contribution < -0.4 is 0 Å². The zero-order valence-electron chi connectivity index (χ0n) is 8.53. The van der Waals surface area contributed by atoms with Gasteiger partial charge in [-0.25, -0.2) is 0 Å². The van der Waals surface area contributed by atoms with Crippen LogP contribution in [0.5, 0.6) is 0 Å². The maximum atomic E-state index is 11.7. The SMILES string of the molecule is CN(CCCC#N)C(=O)[C@H]1CCCO1. The van der Waals surface area contributed by atoms with Crippen molar-refractivity contribution >= 4 is 5.91 Å². The Morgan fingerprint density at radius 1 is 1.71 bits per heavy atom. The zero-order valence-corrected chi connectivity index (χ0v) is 8.53. The molecule has 1 atom stereocenters. The molecule has 0 aromatic heterocycles. The zero-order chi connectivity index (χ0) is 10.4. The lowest BCUT2D eigenvalue weighted by Gasteiger charge is -2.19. The molecule has 0 bridgehead atoms. The summed E-state index contributed by atoms with van der Waals surface area (Å²) >= 11 is 0. The molecule has 0 unspecified atom stereocenters. The van der Waals surface area contributed by atoms with Crippen LogP contribution >= 0.6 is 0 Å². The maximum absolute atomic E-state index is 11.7. The van der Waals surface area contributed by atoms with Crippen LogP contribution in [0, 0.1) is 11.3 Å². The van der Waals surface area contributed by atoms with Crippen molar-refractivity contribution < 1.29 is 9.53 Å². The van der Waals surface area contributed by atoms with Gasteiger partial charge >= 0.3 is 0 Å². The first-order valence-corrected chi connectivity index (χ1v) is 4.99. The number of hydrogen-bond acceptors (Lipinski definition) is 3. The van der Waals surface area contributed by atoms with E-state index in [9.17, 15) is 4.79 Å². The molecule has 0 aromatic carbocycles. The molecule has 1 heterocycles. The van der Waals surface area contributed by atoms with Crippen LogP contribution in [-0.2, 0) is 9.53 Å². The van der Waals surface area contributed by atoms with E-state index in [1.165, 1.54) is 0 Å². The van der Waals surface area contributed by atoms with Crippen molar-refractivity contribution in [2.75, 3.05) is 20.2 Å². The lowest BCUT2D eigenvalue weighted by molar-refractivity contribution is -0.139. The highest BCUT2D eigenvalue weighted by molar-refractivity contribution is 5.80. The minimum absolute atomic E-state index is 0.0560. The van der Waals surface area contributed by atoms with Crippen molar-refractivity contribution in [1.82, 2.24) is 4.90 Å². The lowest BCUT2D eigenvalue weighted by atomic mass is 10.2. The summed E-state index contributed by atoms with van der Waals surface area (Å²) in [6.07, 6.45) is 2.82. The van der Waals surface area contributed by atoms with E-state index in [1.54, 1.807) is 11.9 Å². The number of carbonyl (C=O) groups excluding carboxylic acids is 1. The Kier molecular flexibility index (Phi) is 4.41. The first-order chi connectivity index (χ1) is 6.75. The van der Waals surface area contributed by atoms with Gasteiger partial charge in [0, 0.05) is 26.6 Å². The van der Waals surface area contributed by atoms with Crippen LogP contribution in [0.2, 0.25) is 0 Å². The average Bonchev–Trinajstić information content (AvgIpc) is 2.69. The van der Waals surface area contributed by atoms with Gasteiger partial charge in [0.1, 0.15) is 6.10 Å². The van der Waals surface area contributed by atoms with E-state index in [2.05, 4.69) is 6.07 Å². The second-order valence-electron chi connectivity index (χ2n) is 3.52. The molecule has 1 aliphatic rings. The second kappa shape index (κ2) is 5.61. The fourth-order valence-corrected chi connectivity index (χ4v) is 1.52. The van der Waals surface area contributed by atoms with Crippen LogP contribution in [-0.4, -0.2) is 37.1 Å². The van der Waals surface area contributed by atoms with Crippen LogP contribution in [0.1, 0.15) is 25.7 Å². The summed E-state index contributed by atoms with van der Waals surface area (Å²) < 4.78 is 5.29. The Balaban J connectivity index is 2.25. The van der Waals surface area contributed by atoms with Crippen LogP contribution in [0.15, 0.2) is 0 Å². The molecule has 4 nitrogen and oxygen atoms in total. The van der Waals surface area contributed by atoms with Crippen molar-refractivity contribution in [2.45, 2.75) is 31.8 Å². The summed E-state index contributed by atoms with van der Waals surface area (Å²) in [6.45, 7) is 1.34. The Hall–Kier alpha value is -1.08. The Bertz CT molecular complexity index is 229. The quantitative estimate of drug-likeness (QED) is 0.628. The normalized spacial score (nSPS) is 20.4. The highest BCUT2D eigenvalue weighted by Crippen LogP contribution is 2.14. The van der Waals surface area contributed by atoms with Gasteiger partial charge in [-0.15, -0.1) is 0 Å². The predicted octanol–water partition coefficient (Wildman–Crippen LogP) is 0.928. The summed E-state index contributed by atoms with van der Waals surface area (Å²) in [4.78, 5) is 13.3. The number of ether oxygens (including phenoxy) is 1. The highest BCUT2D eigenvalue weighted by atomic mass is 16.5. The van der Waals surface area contributed by atoms with Gasteiger partial charge in [-0.2, -0.15) is 5.26 Å². The Morgan fingerprint density at radius 3 is 3.07 bits per heavy atom. The van der Waals surface area contributed by atoms with E-state index in [-0.39, 0.29) is 12.0 Å². The summed E-state index contributed by atoms with van der Waals surface area (Å²) in [5.41, 5.74) is 0. The smallest absolute Gasteiger partial charge is 0.251 e. The third kappa shape index (κ3) is 3.00. The molecule has 1 fully saturated rings. The number of carbonyl (C=O) groups is 1. The first-order valence-electron chi connectivity index (χ1n) is 4.99. The van der Waals surface area contributed by atoms with Gasteiger partial charge in [-0.05, 0) is 19.3 Å². The van der Waals surface area contributed by atoms with Crippen molar-refractivity contribution in [3.8, 4) is 6.07 Å². The van der Waals surface area contributed by atoms with E-state index >= 15 is 0 Å². The number of rotatable bonds is 4. The van der Waals surface area contributed by atoms with Gasteiger partial charge in [0.25, 0.3) is 5.91 Å². The molecule has 0 aliphatic carbocycles. The van der Waals surface area contributed by atoms with Crippen molar-refractivity contribution in [3.05, 3.63) is 0 Å². The standard InChI is InChI=1S/C10H16N2O2/c1-12(7-3-2-6-11)10(13)9-5-4-8-14-9/h9H,2-5,7-8H2,1H3/t9-/m1/s1. The number of hydrogen-bond donors (Lipinski definition) is 0. The number of nitriles is 1. The largest absolute Gasteiger partial charge is 0.368 e. The van der Waals surface area contributed by atoms with Gasteiger partial charge in [-0.3, -0.25) is 4.79 Å². The Labute approximate surface area is 84.4 Å². The minimum atomic E-state index is -0.234. The maximum Gasteiger partial charge on any atom is 0.251 e. The van der Waals surface area contributed by atoms with Crippen LogP contribution in [0.3, 0.4) is 0 Å². The van der Waals surface area contributed by atoms with Crippen LogP contribution in [0.4, 0.5) is 0 Å². The molecule has 0 saturated carbocycles. The molecular formula is C10H16N2O2. The van der Waals surface area contributed by atoms with Crippen molar-refractivity contribution in [2.24, 2.45) is 0 Å². The number of amides is 1. The highest BCUT2D eigenvalue weighted by Gasteiger charge is 2.25. The fourth-order valence-electron chi connectivity index (χ4n) is 1.52. The third-order valence-corrected chi connectivity index (χ3v) is 2.36. The first kappa shape index (κ1) is 11.0. The monoisotopic (exact) mass is 196 g/mol. The van der Waals surface area contributed by atoms with Gasteiger partial charge < -0.3 is 9.64 Å². The van der Waals surface area contributed by atoms with Crippen molar-refractivity contribution in [1.29, 1.82) is 5.26 Å². The molecule has 0 radical (unpaired) electrons. The van der Waals surface area contributed by atoms with Gasteiger partial charge in [-0.1, -0.05) is 0 Å². The lowest BCUT2D eigenvalue weighted by Crippen LogP contribution is -2.36. The summed E-state index contributed by atoms with van der Waals surface area (Å²) in [5, 5.41) is 8.35. The molecule has 1 amide bonds. The molecule has 1 aliphatic heterocycles. The van der Waals surface area contributed by atoms with E-state index < -0.39 is 0 Å². The third-order valence-electron chi connectivity index (χ3n) is 2.36. The molecule has 0 spiro atoms. The molecule has 4 heteroatoms. The van der Waals surface area contributed by atoms with Crippen molar-refractivity contribution in [3.63, 3.8) is 0 Å². The van der Waals surface area contributed by atoms with E-state index in [4.69, 9.17) is 10.00 Å².